The Labute approximate surface area is 151 Å². The molecular weight excluding hydrogens is 424 g/mol. The van der Waals surface area contributed by atoms with Crippen molar-refractivity contribution in [3.63, 3.8) is 0 Å². The van der Waals surface area contributed by atoms with E-state index in [1.54, 1.807) is 13.2 Å². The van der Waals surface area contributed by atoms with E-state index in [4.69, 9.17) is 0 Å². The van der Waals surface area contributed by atoms with Crippen LogP contribution in [0.5, 0.6) is 0 Å². The maximum Gasteiger partial charge on any atom is 0.282 e. The number of aryl methyl sites for hydroxylation is 1. The van der Waals surface area contributed by atoms with Crippen molar-refractivity contribution in [3.05, 3.63) is 49.8 Å². The first-order chi connectivity index (χ1) is 11.0. The Morgan fingerprint density at radius 2 is 2.22 bits per heavy atom. The molecule has 1 aromatic carbocycles. The van der Waals surface area contributed by atoms with Crippen molar-refractivity contribution >= 4 is 43.2 Å². The zero-order valence-electron chi connectivity index (χ0n) is 12.8. The van der Waals surface area contributed by atoms with Crippen LogP contribution in [0, 0.1) is 5.92 Å². The molecule has 0 saturated carbocycles. The van der Waals surface area contributed by atoms with Gasteiger partial charge in [-0.2, -0.15) is 5.10 Å². The molecule has 23 heavy (non-hydrogen) atoms. The second-order valence-electron chi connectivity index (χ2n) is 5.76. The van der Waals surface area contributed by atoms with Gasteiger partial charge in [0.15, 0.2) is 0 Å². The lowest BCUT2D eigenvalue weighted by molar-refractivity contribution is 0.620. The fraction of sp³-hybridized carbons (Fsp3) is 0.375. The normalized spacial score (nSPS) is 17.5. The number of anilines is 2. The standard InChI is InChI=1S/C16H18Br2N4O/c1-21-16(23)15(18)14(9-20-21)19-8-11-5-6-22(10-11)13-4-2-3-12(17)7-13/h2-4,7,9,11,19H,5-6,8,10H2,1H3. The molecule has 1 unspecified atom stereocenters. The van der Waals surface area contributed by atoms with Gasteiger partial charge in [0.25, 0.3) is 5.56 Å². The van der Waals surface area contributed by atoms with E-state index in [9.17, 15) is 4.79 Å². The highest BCUT2D eigenvalue weighted by molar-refractivity contribution is 9.10. The average molecular weight is 442 g/mol. The highest BCUT2D eigenvalue weighted by Crippen LogP contribution is 2.26. The predicted molar refractivity (Wildman–Crippen MR) is 100 cm³/mol. The molecule has 2 aromatic rings. The van der Waals surface area contributed by atoms with Gasteiger partial charge in [0.05, 0.1) is 11.9 Å². The summed E-state index contributed by atoms with van der Waals surface area (Å²) in [5.41, 5.74) is 1.88. The Balaban J connectivity index is 1.61. The van der Waals surface area contributed by atoms with Gasteiger partial charge >= 0.3 is 0 Å². The van der Waals surface area contributed by atoms with Crippen LogP contribution >= 0.6 is 31.9 Å². The molecule has 1 atom stereocenters. The van der Waals surface area contributed by atoms with E-state index in [0.29, 0.717) is 10.4 Å². The third-order valence-electron chi connectivity index (χ3n) is 4.12. The average Bonchev–Trinajstić information content (AvgIpc) is 3.01. The van der Waals surface area contributed by atoms with Crippen LogP contribution in [0.3, 0.4) is 0 Å². The summed E-state index contributed by atoms with van der Waals surface area (Å²) in [6.07, 6.45) is 2.82. The summed E-state index contributed by atoms with van der Waals surface area (Å²) in [5, 5.41) is 7.40. The van der Waals surface area contributed by atoms with E-state index in [0.717, 1.165) is 36.2 Å². The van der Waals surface area contributed by atoms with Crippen molar-refractivity contribution < 1.29 is 0 Å². The summed E-state index contributed by atoms with van der Waals surface area (Å²) in [6.45, 7) is 2.90. The lowest BCUT2D eigenvalue weighted by Gasteiger charge is -2.19. The van der Waals surface area contributed by atoms with Crippen molar-refractivity contribution in [1.82, 2.24) is 9.78 Å². The van der Waals surface area contributed by atoms with Crippen LogP contribution in [0.15, 0.2) is 44.2 Å². The minimum Gasteiger partial charge on any atom is -0.382 e. The van der Waals surface area contributed by atoms with Gasteiger partial charge in [-0.25, -0.2) is 4.68 Å². The minimum absolute atomic E-state index is 0.128. The van der Waals surface area contributed by atoms with Gasteiger partial charge in [0.1, 0.15) is 4.47 Å². The molecule has 2 heterocycles. The van der Waals surface area contributed by atoms with Crippen molar-refractivity contribution in [3.8, 4) is 0 Å². The first-order valence-electron chi connectivity index (χ1n) is 7.51. The lowest BCUT2D eigenvalue weighted by Crippen LogP contribution is -2.24. The molecule has 1 aromatic heterocycles. The molecule has 5 nitrogen and oxygen atoms in total. The zero-order valence-corrected chi connectivity index (χ0v) is 16.0. The number of hydrogen-bond acceptors (Lipinski definition) is 4. The van der Waals surface area contributed by atoms with Crippen LogP contribution in [0.4, 0.5) is 11.4 Å². The predicted octanol–water partition coefficient (Wildman–Crippen LogP) is 3.24. The number of benzene rings is 1. The Hall–Kier alpha value is -1.34. The molecule has 1 saturated heterocycles. The SMILES string of the molecule is Cn1ncc(NCC2CCN(c3cccc(Br)c3)C2)c(Br)c1=O. The molecule has 1 aliphatic rings. The second-order valence-corrected chi connectivity index (χ2v) is 7.47. The van der Waals surface area contributed by atoms with Gasteiger partial charge in [-0.1, -0.05) is 22.0 Å². The van der Waals surface area contributed by atoms with E-state index in [1.165, 1.54) is 10.4 Å². The Bertz CT molecular complexity index is 762. The third kappa shape index (κ3) is 3.77. The lowest BCUT2D eigenvalue weighted by atomic mass is 10.1. The van der Waals surface area contributed by atoms with Crippen molar-refractivity contribution in [2.24, 2.45) is 13.0 Å². The van der Waals surface area contributed by atoms with Crippen LogP contribution in [-0.2, 0) is 7.05 Å². The second kappa shape index (κ2) is 7.05. The number of rotatable bonds is 4. The fourth-order valence-electron chi connectivity index (χ4n) is 2.79. The highest BCUT2D eigenvalue weighted by Gasteiger charge is 2.23. The largest absolute Gasteiger partial charge is 0.382 e. The summed E-state index contributed by atoms with van der Waals surface area (Å²) in [4.78, 5) is 14.3. The van der Waals surface area contributed by atoms with Crippen LogP contribution in [0.25, 0.3) is 0 Å². The number of hydrogen-bond donors (Lipinski definition) is 1. The molecule has 0 aliphatic carbocycles. The molecule has 7 heteroatoms. The van der Waals surface area contributed by atoms with E-state index in [-0.39, 0.29) is 5.56 Å². The van der Waals surface area contributed by atoms with Crippen molar-refractivity contribution in [2.45, 2.75) is 6.42 Å². The highest BCUT2D eigenvalue weighted by atomic mass is 79.9. The Kier molecular flexibility index (Phi) is 5.06. The van der Waals surface area contributed by atoms with E-state index in [2.05, 4.69) is 65.4 Å². The Morgan fingerprint density at radius 1 is 1.39 bits per heavy atom. The smallest absolute Gasteiger partial charge is 0.282 e. The van der Waals surface area contributed by atoms with Crippen molar-refractivity contribution in [1.29, 1.82) is 0 Å². The molecule has 0 bridgehead atoms. The molecule has 1 fully saturated rings. The monoisotopic (exact) mass is 440 g/mol. The molecule has 0 spiro atoms. The summed E-state index contributed by atoms with van der Waals surface area (Å²) < 4.78 is 2.96. The first kappa shape index (κ1) is 16.5. The van der Waals surface area contributed by atoms with Gasteiger partial charge in [0.2, 0.25) is 0 Å². The van der Waals surface area contributed by atoms with Crippen LogP contribution in [0.1, 0.15) is 6.42 Å². The van der Waals surface area contributed by atoms with Gasteiger partial charge in [-0.15, -0.1) is 0 Å². The van der Waals surface area contributed by atoms with E-state index in [1.807, 2.05) is 6.07 Å². The summed E-state index contributed by atoms with van der Waals surface area (Å²) in [5.74, 6) is 0.546. The topological polar surface area (TPSA) is 50.2 Å². The first-order valence-corrected chi connectivity index (χ1v) is 9.09. The summed E-state index contributed by atoms with van der Waals surface area (Å²) in [6, 6.07) is 8.39. The van der Waals surface area contributed by atoms with Gasteiger partial charge in [-0.05, 0) is 46.5 Å². The van der Waals surface area contributed by atoms with Gasteiger partial charge in [0, 0.05) is 36.8 Å². The number of aromatic nitrogens is 2. The summed E-state index contributed by atoms with van der Waals surface area (Å²) >= 11 is 6.87. The van der Waals surface area contributed by atoms with E-state index >= 15 is 0 Å². The van der Waals surface area contributed by atoms with Gasteiger partial charge < -0.3 is 10.2 Å². The molecule has 122 valence electrons. The van der Waals surface area contributed by atoms with Gasteiger partial charge in [-0.3, -0.25) is 4.79 Å². The number of nitrogens with one attached hydrogen (secondary N) is 1. The number of nitrogens with zero attached hydrogens (tertiary/aromatic N) is 3. The number of halogens is 2. The summed E-state index contributed by atoms with van der Waals surface area (Å²) in [7, 11) is 1.64. The molecule has 0 radical (unpaired) electrons. The van der Waals surface area contributed by atoms with Crippen LogP contribution in [-0.4, -0.2) is 29.4 Å². The zero-order chi connectivity index (χ0) is 16.4. The van der Waals surface area contributed by atoms with Crippen LogP contribution < -0.4 is 15.8 Å². The van der Waals surface area contributed by atoms with Crippen molar-refractivity contribution in [2.75, 3.05) is 29.9 Å². The molecule has 0 amide bonds. The Morgan fingerprint density at radius 3 is 3.00 bits per heavy atom. The molecule has 3 rings (SSSR count). The maximum absolute atomic E-state index is 11.9. The van der Waals surface area contributed by atoms with Crippen LogP contribution in [0.2, 0.25) is 0 Å². The molecule has 1 aliphatic heterocycles. The molecule has 1 N–H and O–H groups in total. The fourth-order valence-corrected chi connectivity index (χ4v) is 3.68. The maximum atomic E-state index is 11.9. The minimum atomic E-state index is -0.128. The third-order valence-corrected chi connectivity index (χ3v) is 5.38. The quantitative estimate of drug-likeness (QED) is 0.791. The molecular formula is C16H18Br2N4O. The van der Waals surface area contributed by atoms with E-state index < -0.39 is 0 Å².